The molecule has 1 aromatic carbocycles. The maximum atomic E-state index is 13.0. The molecular formula is C18H24N3O2. The zero-order chi connectivity index (χ0) is 16.3. The number of ketones is 1. The molecule has 5 nitrogen and oxygen atoms in total. The number of aldehydes is 1. The first-order chi connectivity index (χ1) is 11.1. The lowest BCUT2D eigenvalue weighted by Crippen LogP contribution is -2.57. The summed E-state index contributed by atoms with van der Waals surface area (Å²) in [5.74, 6) is -0.0532. The number of nitrogens with one attached hydrogen (secondary N) is 1. The molecule has 1 aromatic rings. The molecule has 2 atom stereocenters. The Bertz CT molecular complexity index is 566. The number of carbonyl (C=O) groups excluding carboxylic acids is 2. The average molecular weight is 314 g/mol. The van der Waals surface area contributed by atoms with Crippen molar-refractivity contribution in [2.75, 3.05) is 32.7 Å². The van der Waals surface area contributed by atoms with Gasteiger partial charge in [-0.2, -0.15) is 0 Å². The van der Waals surface area contributed by atoms with Gasteiger partial charge in [0.25, 0.3) is 0 Å². The second kappa shape index (κ2) is 6.91. The predicted molar refractivity (Wildman–Crippen MR) is 88.5 cm³/mol. The standard InChI is InChI=1S/C18H24N3O2/c1-14-2-4-15(5-3-14)17(23)18(13-22)6-7-20-16(12-18)21-10-8-19-9-11-21/h2-5,13,16,19H,6-12H2,1H3. The lowest BCUT2D eigenvalue weighted by Gasteiger charge is -2.42. The van der Waals surface area contributed by atoms with Crippen molar-refractivity contribution in [3.8, 4) is 0 Å². The summed E-state index contributed by atoms with van der Waals surface area (Å²) in [5, 5.41) is 8.00. The van der Waals surface area contributed by atoms with Gasteiger partial charge in [-0.1, -0.05) is 29.8 Å². The highest BCUT2D eigenvalue weighted by atomic mass is 16.1. The van der Waals surface area contributed by atoms with E-state index in [9.17, 15) is 9.59 Å². The summed E-state index contributed by atoms with van der Waals surface area (Å²) >= 11 is 0. The fourth-order valence-electron chi connectivity index (χ4n) is 3.49. The van der Waals surface area contributed by atoms with E-state index in [-0.39, 0.29) is 11.9 Å². The number of benzene rings is 1. The smallest absolute Gasteiger partial charge is 0.176 e. The lowest BCUT2D eigenvalue weighted by molar-refractivity contribution is -0.116. The molecule has 0 saturated carbocycles. The Balaban J connectivity index is 1.80. The van der Waals surface area contributed by atoms with Gasteiger partial charge >= 0.3 is 0 Å². The summed E-state index contributed by atoms with van der Waals surface area (Å²) in [6, 6.07) is 7.50. The Kier molecular flexibility index (Phi) is 4.90. The highest BCUT2D eigenvalue weighted by Crippen LogP contribution is 2.34. The number of piperidine rings is 1. The minimum Gasteiger partial charge on any atom is -0.314 e. The molecule has 5 heteroatoms. The van der Waals surface area contributed by atoms with Gasteiger partial charge in [-0.25, -0.2) is 5.32 Å². The van der Waals surface area contributed by atoms with E-state index in [2.05, 4.69) is 15.5 Å². The average Bonchev–Trinajstić information content (AvgIpc) is 2.62. The third-order valence-electron chi connectivity index (χ3n) is 5.01. The highest BCUT2D eigenvalue weighted by Gasteiger charge is 2.45. The SMILES string of the molecule is Cc1ccc(C(=O)C2(C=O)CC[N]C(N3CCNCC3)C2)cc1. The highest BCUT2D eigenvalue weighted by molar-refractivity contribution is 6.09. The Labute approximate surface area is 137 Å². The van der Waals surface area contributed by atoms with Crippen LogP contribution in [-0.2, 0) is 4.79 Å². The molecule has 1 radical (unpaired) electrons. The van der Waals surface area contributed by atoms with Crippen LogP contribution in [0.25, 0.3) is 0 Å². The number of aryl methyl sites for hydroxylation is 1. The number of nitrogens with zero attached hydrogens (tertiary/aromatic N) is 2. The van der Waals surface area contributed by atoms with E-state index in [0.717, 1.165) is 38.0 Å². The van der Waals surface area contributed by atoms with E-state index in [1.165, 1.54) is 0 Å². The van der Waals surface area contributed by atoms with Crippen molar-refractivity contribution in [2.45, 2.75) is 25.9 Å². The first-order valence-corrected chi connectivity index (χ1v) is 8.34. The van der Waals surface area contributed by atoms with Gasteiger partial charge in [0.1, 0.15) is 6.29 Å². The van der Waals surface area contributed by atoms with E-state index in [1.54, 1.807) is 0 Å². The van der Waals surface area contributed by atoms with Crippen LogP contribution in [0.15, 0.2) is 24.3 Å². The summed E-state index contributed by atoms with van der Waals surface area (Å²) in [4.78, 5) is 27.2. The number of carbonyl (C=O) groups is 2. The summed E-state index contributed by atoms with van der Waals surface area (Å²) in [6.45, 7) is 6.27. The summed E-state index contributed by atoms with van der Waals surface area (Å²) in [5.41, 5.74) is 0.815. The molecule has 2 aliphatic heterocycles. The molecule has 23 heavy (non-hydrogen) atoms. The molecule has 0 aromatic heterocycles. The van der Waals surface area contributed by atoms with Gasteiger partial charge in [-0.15, -0.1) is 0 Å². The van der Waals surface area contributed by atoms with Gasteiger partial charge in [0.15, 0.2) is 5.78 Å². The molecule has 2 saturated heterocycles. The zero-order valence-corrected chi connectivity index (χ0v) is 13.6. The fraction of sp³-hybridized carbons (Fsp3) is 0.556. The van der Waals surface area contributed by atoms with Crippen LogP contribution in [-0.4, -0.2) is 55.9 Å². The maximum absolute atomic E-state index is 13.0. The van der Waals surface area contributed by atoms with Crippen molar-refractivity contribution in [1.82, 2.24) is 15.5 Å². The quantitative estimate of drug-likeness (QED) is 0.511. The van der Waals surface area contributed by atoms with Crippen LogP contribution in [0.1, 0.15) is 28.8 Å². The molecule has 2 unspecified atom stereocenters. The molecule has 0 bridgehead atoms. The number of piperazine rings is 1. The van der Waals surface area contributed by atoms with Crippen molar-refractivity contribution < 1.29 is 9.59 Å². The Hall–Kier alpha value is -1.56. The molecule has 123 valence electrons. The van der Waals surface area contributed by atoms with Crippen LogP contribution in [0.2, 0.25) is 0 Å². The van der Waals surface area contributed by atoms with Crippen molar-refractivity contribution in [2.24, 2.45) is 5.41 Å². The molecule has 3 rings (SSSR count). The maximum Gasteiger partial charge on any atom is 0.176 e. The predicted octanol–water partition coefficient (Wildman–Crippen LogP) is 0.993. The van der Waals surface area contributed by atoms with Crippen LogP contribution in [0.4, 0.5) is 0 Å². The third kappa shape index (κ3) is 3.37. The Morgan fingerprint density at radius 1 is 1.30 bits per heavy atom. The number of rotatable bonds is 4. The van der Waals surface area contributed by atoms with E-state index in [4.69, 9.17) is 0 Å². The van der Waals surface area contributed by atoms with Gasteiger partial charge in [-0.3, -0.25) is 9.69 Å². The van der Waals surface area contributed by atoms with E-state index in [0.29, 0.717) is 24.9 Å². The van der Waals surface area contributed by atoms with Gasteiger partial charge in [0.05, 0.1) is 11.6 Å². The first kappa shape index (κ1) is 16.3. The topological polar surface area (TPSA) is 63.5 Å². The molecule has 0 spiro atoms. The minimum atomic E-state index is -0.924. The van der Waals surface area contributed by atoms with Crippen molar-refractivity contribution in [3.63, 3.8) is 0 Å². The molecule has 2 aliphatic rings. The normalized spacial score (nSPS) is 29.2. The minimum absolute atomic E-state index is 0.0227. The van der Waals surface area contributed by atoms with Crippen LogP contribution >= 0.6 is 0 Å². The summed E-state index contributed by atoms with van der Waals surface area (Å²) in [7, 11) is 0. The number of Topliss-reactive ketones (excluding diaryl/α,β-unsaturated/α-hetero) is 1. The third-order valence-corrected chi connectivity index (χ3v) is 5.01. The number of hydrogen-bond acceptors (Lipinski definition) is 4. The van der Waals surface area contributed by atoms with E-state index in [1.807, 2.05) is 31.2 Å². The van der Waals surface area contributed by atoms with Gasteiger partial charge in [0, 0.05) is 38.3 Å². The molecule has 0 amide bonds. The first-order valence-electron chi connectivity index (χ1n) is 8.34. The second-order valence-corrected chi connectivity index (χ2v) is 6.60. The molecule has 2 heterocycles. The fourth-order valence-corrected chi connectivity index (χ4v) is 3.49. The molecule has 2 fully saturated rings. The van der Waals surface area contributed by atoms with Crippen molar-refractivity contribution in [1.29, 1.82) is 0 Å². The van der Waals surface area contributed by atoms with E-state index >= 15 is 0 Å². The van der Waals surface area contributed by atoms with Crippen LogP contribution in [0, 0.1) is 12.3 Å². The second-order valence-electron chi connectivity index (χ2n) is 6.60. The Morgan fingerprint density at radius 3 is 2.65 bits per heavy atom. The monoisotopic (exact) mass is 314 g/mol. The summed E-state index contributed by atoms with van der Waals surface area (Å²) in [6.07, 6.45) is 1.87. The molecule has 0 aliphatic carbocycles. The van der Waals surface area contributed by atoms with Crippen molar-refractivity contribution >= 4 is 12.1 Å². The van der Waals surface area contributed by atoms with Gasteiger partial charge in [-0.05, 0) is 19.8 Å². The van der Waals surface area contributed by atoms with Crippen LogP contribution in [0.3, 0.4) is 0 Å². The van der Waals surface area contributed by atoms with E-state index < -0.39 is 5.41 Å². The largest absolute Gasteiger partial charge is 0.314 e. The van der Waals surface area contributed by atoms with Crippen LogP contribution in [0.5, 0.6) is 0 Å². The van der Waals surface area contributed by atoms with Gasteiger partial charge < -0.3 is 10.1 Å². The summed E-state index contributed by atoms with van der Waals surface area (Å²) < 4.78 is 0. The van der Waals surface area contributed by atoms with Crippen LogP contribution < -0.4 is 10.6 Å². The zero-order valence-electron chi connectivity index (χ0n) is 13.6. The van der Waals surface area contributed by atoms with Crippen molar-refractivity contribution in [3.05, 3.63) is 35.4 Å². The lowest BCUT2D eigenvalue weighted by atomic mass is 9.73. The number of hydrogen-bond donors (Lipinski definition) is 1. The van der Waals surface area contributed by atoms with Gasteiger partial charge in [0.2, 0.25) is 0 Å². The Morgan fingerprint density at radius 2 is 2.00 bits per heavy atom. The molecule has 1 N–H and O–H groups in total. The molecular weight excluding hydrogens is 290 g/mol.